The van der Waals surface area contributed by atoms with Crippen LogP contribution in [0.25, 0.3) is 11.0 Å². The molecule has 0 spiro atoms. The highest BCUT2D eigenvalue weighted by molar-refractivity contribution is 7.99. The van der Waals surface area contributed by atoms with Crippen LogP contribution >= 0.6 is 11.8 Å². The van der Waals surface area contributed by atoms with Gasteiger partial charge in [0.25, 0.3) is 0 Å². The minimum atomic E-state index is 0.0765. The lowest BCUT2D eigenvalue weighted by molar-refractivity contribution is 0.464. The van der Waals surface area contributed by atoms with Crippen molar-refractivity contribution < 1.29 is 4.42 Å². The number of hydrogen-bond donors (Lipinski definition) is 2. The number of rotatable bonds is 5. The molecule has 0 amide bonds. The predicted molar refractivity (Wildman–Crippen MR) is 74.0 cm³/mol. The van der Waals surface area contributed by atoms with E-state index >= 15 is 0 Å². The largest absolute Gasteiger partial charge is 0.459 e. The molecule has 0 fully saturated rings. The number of nitrogens with one attached hydrogen (secondary N) is 1. The van der Waals surface area contributed by atoms with Crippen molar-refractivity contribution >= 4 is 22.7 Å². The zero-order valence-electron chi connectivity index (χ0n) is 10.2. The molecule has 1 atom stereocenters. The van der Waals surface area contributed by atoms with Crippen molar-refractivity contribution in [2.45, 2.75) is 19.9 Å². The van der Waals surface area contributed by atoms with Crippen LogP contribution in [0.5, 0.6) is 0 Å². The molecule has 1 aromatic carbocycles. The van der Waals surface area contributed by atoms with Crippen LogP contribution in [0.3, 0.4) is 0 Å². The Labute approximate surface area is 106 Å². The Kier molecular flexibility index (Phi) is 4.10. The summed E-state index contributed by atoms with van der Waals surface area (Å²) in [6, 6.07) is 8.34. The second-order valence-electron chi connectivity index (χ2n) is 4.07. The number of hydrogen-bond acceptors (Lipinski definition) is 4. The van der Waals surface area contributed by atoms with E-state index < -0.39 is 0 Å². The summed E-state index contributed by atoms with van der Waals surface area (Å²) in [6.07, 6.45) is 0. The summed E-state index contributed by atoms with van der Waals surface area (Å²) in [4.78, 5) is 0. The molecule has 4 heteroatoms. The predicted octanol–water partition coefficient (Wildman–Crippen LogP) is 3.00. The van der Waals surface area contributed by atoms with E-state index in [-0.39, 0.29) is 6.04 Å². The second kappa shape index (κ2) is 5.58. The third-order valence-electron chi connectivity index (χ3n) is 2.72. The number of benzene rings is 1. The summed E-state index contributed by atoms with van der Waals surface area (Å²) in [7, 11) is 0. The molecule has 92 valence electrons. The molecule has 1 aromatic heterocycles. The summed E-state index contributed by atoms with van der Waals surface area (Å²) >= 11 is 1.85. The molecule has 0 aliphatic carbocycles. The first-order valence-corrected chi connectivity index (χ1v) is 6.94. The topological polar surface area (TPSA) is 51.2 Å². The van der Waals surface area contributed by atoms with E-state index in [9.17, 15) is 0 Å². The fraction of sp³-hybridized carbons (Fsp3) is 0.385. The van der Waals surface area contributed by atoms with E-state index in [1.807, 2.05) is 17.8 Å². The van der Waals surface area contributed by atoms with Crippen LogP contribution in [-0.2, 0) is 0 Å². The van der Waals surface area contributed by atoms with Gasteiger partial charge in [0.05, 0.1) is 6.04 Å². The summed E-state index contributed by atoms with van der Waals surface area (Å²) in [6.45, 7) is 4.22. The number of fused-ring (bicyclic) bond motifs is 1. The maximum atomic E-state index is 5.82. The molecule has 3 N–H and O–H groups in total. The van der Waals surface area contributed by atoms with Gasteiger partial charge in [0.1, 0.15) is 11.3 Å². The van der Waals surface area contributed by atoms with Crippen LogP contribution in [0.1, 0.15) is 24.3 Å². The zero-order chi connectivity index (χ0) is 12.3. The summed E-state index contributed by atoms with van der Waals surface area (Å²) < 4.78 is 5.82. The van der Waals surface area contributed by atoms with Crippen LogP contribution in [0.2, 0.25) is 0 Å². The quantitative estimate of drug-likeness (QED) is 0.632. The second-order valence-corrected chi connectivity index (χ2v) is 5.39. The minimum Gasteiger partial charge on any atom is -0.459 e. The monoisotopic (exact) mass is 250 g/mol. The van der Waals surface area contributed by atoms with Crippen molar-refractivity contribution in [2.24, 2.45) is 5.84 Å². The fourth-order valence-electron chi connectivity index (χ4n) is 1.80. The standard InChI is InChI=1S/C13H18N2OS/c1-3-17-8-11(15-14)13-7-10-6-9(2)4-5-12(10)16-13/h4-7,11,15H,3,8,14H2,1-2H3. The number of aryl methyl sites for hydroxylation is 1. The summed E-state index contributed by atoms with van der Waals surface area (Å²) in [5, 5.41) is 1.14. The molecule has 1 heterocycles. The van der Waals surface area contributed by atoms with E-state index in [1.165, 1.54) is 5.56 Å². The van der Waals surface area contributed by atoms with Crippen molar-refractivity contribution in [3.05, 3.63) is 35.6 Å². The van der Waals surface area contributed by atoms with Gasteiger partial charge in [-0.3, -0.25) is 5.84 Å². The third-order valence-corrected chi connectivity index (χ3v) is 3.70. The molecule has 0 radical (unpaired) electrons. The van der Waals surface area contributed by atoms with Gasteiger partial charge in [-0.15, -0.1) is 0 Å². The maximum absolute atomic E-state index is 5.82. The van der Waals surface area contributed by atoms with Gasteiger partial charge < -0.3 is 4.42 Å². The summed E-state index contributed by atoms with van der Waals surface area (Å²) in [5.74, 6) is 8.49. The van der Waals surface area contributed by atoms with Gasteiger partial charge in [-0.2, -0.15) is 11.8 Å². The molecule has 3 nitrogen and oxygen atoms in total. The molecule has 2 aromatic rings. The minimum absolute atomic E-state index is 0.0765. The molecular formula is C13H18N2OS. The molecular weight excluding hydrogens is 232 g/mol. The SMILES string of the molecule is CCSCC(NN)c1cc2cc(C)ccc2o1. The Morgan fingerprint density at radius 3 is 2.94 bits per heavy atom. The lowest BCUT2D eigenvalue weighted by Gasteiger charge is -2.11. The Morgan fingerprint density at radius 2 is 2.24 bits per heavy atom. The van der Waals surface area contributed by atoms with Crippen LogP contribution in [0, 0.1) is 6.92 Å². The lowest BCUT2D eigenvalue weighted by Crippen LogP contribution is -2.29. The van der Waals surface area contributed by atoms with Gasteiger partial charge in [0, 0.05) is 11.1 Å². The highest BCUT2D eigenvalue weighted by atomic mass is 32.2. The van der Waals surface area contributed by atoms with Crippen molar-refractivity contribution in [1.82, 2.24) is 5.43 Å². The Hall–Kier alpha value is -0.970. The van der Waals surface area contributed by atoms with Crippen LogP contribution in [-0.4, -0.2) is 11.5 Å². The van der Waals surface area contributed by atoms with Crippen molar-refractivity contribution in [3.63, 3.8) is 0 Å². The smallest absolute Gasteiger partial charge is 0.134 e. The van der Waals surface area contributed by atoms with E-state index in [1.54, 1.807) is 0 Å². The normalized spacial score (nSPS) is 13.1. The van der Waals surface area contributed by atoms with Gasteiger partial charge in [-0.1, -0.05) is 18.6 Å². The van der Waals surface area contributed by atoms with Gasteiger partial charge in [0.2, 0.25) is 0 Å². The molecule has 17 heavy (non-hydrogen) atoms. The van der Waals surface area contributed by atoms with Gasteiger partial charge >= 0.3 is 0 Å². The Balaban J connectivity index is 2.27. The van der Waals surface area contributed by atoms with Crippen LogP contribution in [0.4, 0.5) is 0 Å². The summed E-state index contributed by atoms with van der Waals surface area (Å²) in [5.41, 5.74) is 4.98. The highest BCUT2D eigenvalue weighted by Gasteiger charge is 2.14. The number of hydrazine groups is 1. The first kappa shape index (κ1) is 12.5. The average molecular weight is 250 g/mol. The number of thioether (sulfide) groups is 1. The van der Waals surface area contributed by atoms with Crippen LogP contribution in [0.15, 0.2) is 28.7 Å². The van der Waals surface area contributed by atoms with Crippen molar-refractivity contribution in [3.8, 4) is 0 Å². The molecule has 0 bridgehead atoms. The van der Waals surface area contributed by atoms with Crippen molar-refractivity contribution in [2.75, 3.05) is 11.5 Å². The highest BCUT2D eigenvalue weighted by Crippen LogP contribution is 2.26. The van der Waals surface area contributed by atoms with Gasteiger partial charge in [-0.25, -0.2) is 5.43 Å². The Morgan fingerprint density at radius 1 is 1.41 bits per heavy atom. The van der Waals surface area contributed by atoms with E-state index in [0.717, 1.165) is 28.2 Å². The lowest BCUT2D eigenvalue weighted by atomic mass is 10.1. The van der Waals surface area contributed by atoms with E-state index in [0.29, 0.717) is 0 Å². The van der Waals surface area contributed by atoms with E-state index in [4.69, 9.17) is 10.3 Å². The van der Waals surface area contributed by atoms with Crippen LogP contribution < -0.4 is 11.3 Å². The first-order valence-electron chi connectivity index (χ1n) is 5.78. The van der Waals surface area contributed by atoms with Crippen molar-refractivity contribution in [1.29, 1.82) is 0 Å². The Bertz CT molecular complexity index is 495. The zero-order valence-corrected chi connectivity index (χ0v) is 11.0. The molecule has 1 unspecified atom stereocenters. The molecule has 0 aliphatic rings. The van der Waals surface area contributed by atoms with Gasteiger partial charge in [-0.05, 0) is 30.9 Å². The molecule has 0 saturated carbocycles. The maximum Gasteiger partial charge on any atom is 0.134 e. The van der Waals surface area contributed by atoms with E-state index in [2.05, 4.69) is 37.5 Å². The average Bonchev–Trinajstić information content (AvgIpc) is 2.72. The fourth-order valence-corrected chi connectivity index (χ4v) is 2.54. The molecule has 2 rings (SSSR count). The van der Waals surface area contributed by atoms with Gasteiger partial charge in [0.15, 0.2) is 0 Å². The molecule has 0 saturated heterocycles. The first-order chi connectivity index (χ1) is 8.24. The number of nitrogens with two attached hydrogens (primary N) is 1. The molecule has 0 aliphatic heterocycles. The third kappa shape index (κ3) is 2.83. The number of furan rings is 1.